The Labute approximate surface area is 154 Å². The van der Waals surface area contributed by atoms with Gasteiger partial charge in [-0.1, -0.05) is 31.2 Å². The summed E-state index contributed by atoms with van der Waals surface area (Å²) in [5.41, 5.74) is 3.05. The summed E-state index contributed by atoms with van der Waals surface area (Å²) in [6.07, 6.45) is 0.434. The third kappa shape index (κ3) is 4.55. The second-order valence-electron chi connectivity index (χ2n) is 6.54. The first-order valence-electron chi connectivity index (χ1n) is 9.03. The zero-order valence-electron chi connectivity index (χ0n) is 15.4. The van der Waals surface area contributed by atoms with Crippen molar-refractivity contribution in [2.75, 3.05) is 43.6 Å². The normalized spacial score (nSPS) is 15.4. The Bertz CT molecular complexity index is 724. The van der Waals surface area contributed by atoms with Gasteiger partial charge in [-0.3, -0.25) is 4.79 Å². The van der Waals surface area contributed by atoms with Gasteiger partial charge in [0.25, 0.3) is 0 Å². The van der Waals surface area contributed by atoms with Crippen molar-refractivity contribution in [2.45, 2.75) is 19.3 Å². The molecule has 2 aromatic rings. The molecule has 1 N–H and O–H groups in total. The summed E-state index contributed by atoms with van der Waals surface area (Å²) in [4.78, 5) is 14.8. The molecule has 1 aliphatic rings. The van der Waals surface area contributed by atoms with Crippen LogP contribution in [0.3, 0.4) is 0 Å². The lowest BCUT2D eigenvalue weighted by atomic mass is 9.97. The first-order valence-corrected chi connectivity index (χ1v) is 9.03. The van der Waals surface area contributed by atoms with Gasteiger partial charge in [0.1, 0.15) is 5.75 Å². The van der Waals surface area contributed by atoms with Gasteiger partial charge in [-0.15, -0.1) is 0 Å². The maximum Gasteiger partial charge on any atom is 0.225 e. The van der Waals surface area contributed by atoms with Crippen LogP contribution in [0.5, 0.6) is 5.75 Å². The molecule has 0 aromatic heterocycles. The van der Waals surface area contributed by atoms with Crippen molar-refractivity contribution in [2.24, 2.45) is 0 Å². The van der Waals surface area contributed by atoms with Gasteiger partial charge in [-0.05, 0) is 35.7 Å². The molecule has 5 heteroatoms. The van der Waals surface area contributed by atoms with E-state index in [1.54, 1.807) is 7.11 Å². The highest BCUT2D eigenvalue weighted by molar-refractivity contribution is 5.94. The van der Waals surface area contributed by atoms with Crippen molar-refractivity contribution < 1.29 is 14.3 Å². The number of para-hydroxylation sites is 2. The third-order valence-electron chi connectivity index (χ3n) is 4.71. The standard InChI is InChI=1S/C21H26N2O3/c1-16(17-7-9-18(25-2)10-8-17)15-21(24)22-19-5-3-4-6-20(19)23-11-13-26-14-12-23/h3-10,16H,11-15H2,1-2H3,(H,22,24). The topological polar surface area (TPSA) is 50.8 Å². The van der Waals surface area contributed by atoms with Crippen LogP contribution in [0, 0.1) is 0 Å². The largest absolute Gasteiger partial charge is 0.497 e. The van der Waals surface area contributed by atoms with E-state index in [4.69, 9.17) is 9.47 Å². The van der Waals surface area contributed by atoms with Crippen molar-refractivity contribution in [3.63, 3.8) is 0 Å². The third-order valence-corrected chi connectivity index (χ3v) is 4.71. The fourth-order valence-electron chi connectivity index (χ4n) is 3.19. The van der Waals surface area contributed by atoms with E-state index in [2.05, 4.69) is 17.1 Å². The van der Waals surface area contributed by atoms with Crippen LogP contribution in [0.15, 0.2) is 48.5 Å². The van der Waals surface area contributed by atoms with Crippen LogP contribution >= 0.6 is 0 Å². The summed E-state index contributed by atoms with van der Waals surface area (Å²) < 4.78 is 10.6. The highest BCUT2D eigenvalue weighted by Gasteiger charge is 2.17. The smallest absolute Gasteiger partial charge is 0.225 e. The number of rotatable bonds is 6. The van der Waals surface area contributed by atoms with Crippen LogP contribution in [0.25, 0.3) is 0 Å². The second kappa shape index (κ2) is 8.72. The molecular weight excluding hydrogens is 328 g/mol. The minimum Gasteiger partial charge on any atom is -0.497 e. The van der Waals surface area contributed by atoms with E-state index in [0.29, 0.717) is 6.42 Å². The van der Waals surface area contributed by atoms with Gasteiger partial charge in [0.2, 0.25) is 5.91 Å². The molecule has 0 spiro atoms. The number of nitrogens with one attached hydrogen (secondary N) is 1. The number of methoxy groups -OCH3 is 1. The molecule has 0 radical (unpaired) electrons. The molecule has 3 rings (SSSR count). The maximum atomic E-state index is 12.6. The number of hydrogen-bond donors (Lipinski definition) is 1. The summed E-state index contributed by atoms with van der Waals surface area (Å²) in [6.45, 7) is 5.19. The predicted molar refractivity (Wildman–Crippen MR) is 104 cm³/mol. The lowest BCUT2D eigenvalue weighted by molar-refractivity contribution is -0.116. The number of morpholine rings is 1. The van der Waals surface area contributed by atoms with E-state index in [1.807, 2.05) is 48.5 Å². The second-order valence-corrected chi connectivity index (χ2v) is 6.54. The van der Waals surface area contributed by atoms with E-state index >= 15 is 0 Å². The average molecular weight is 354 g/mol. The molecule has 138 valence electrons. The fourth-order valence-corrected chi connectivity index (χ4v) is 3.19. The van der Waals surface area contributed by atoms with Crippen LogP contribution < -0.4 is 15.0 Å². The summed E-state index contributed by atoms with van der Waals surface area (Å²) in [7, 11) is 1.65. The first-order chi connectivity index (χ1) is 12.7. The number of anilines is 2. The lowest BCUT2D eigenvalue weighted by Crippen LogP contribution is -2.36. The van der Waals surface area contributed by atoms with Gasteiger partial charge in [0, 0.05) is 19.5 Å². The molecule has 1 saturated heterocycles. The number of nitrogens with zero attached hydrogens (tertiary/aromatic N) is 1. The van der Waals surface area contributed by atoms with E-state index in [1.165, 1.54) is 0 Å². The summed E-state index contributed by atoms with van der Waals surface area (Å²) in [5.74, 6) is 0.982. The predicted octanol–water partition coefficient (Wildman–Crippen LogP) is 3.66. The van der Waals surface area contributed by atoms with Crippen LogP contribution in [0.4, 0.5) is 11.4 Å². The first kappa shape index (κ1) is 18.3. The van der Waals surface area contributed by atoms with Gasteiger partial charge in [-0.2, -0.15) is 0 Å². The van der Waals surface area contributed by atoms with Gasteiger partial charge in [0.05, 0.1) is 31.7 Å². The zero-order valence-corrected chi connectivity index (χ0v) is 15.4. The molecule has 2 aromatic carbocycles. The summed E-state index contributed by atoms with van der Waals surface area (Å²) >= 11 is 0. The molecule has 1 aliphatic heterocycles. The van der Waals surface area contributed by atoms with Gasteiger partial charge >= 0.3 is 0 Å². The Kier molecular flexibility index (Phi) is 6.12. The fraction of sp³-hybridized carbons (Fsp3) is 0.381. The van der Waals surface area contributed by atoms with E-state index < -0.39 is 0 Å². The van der Waals surface area contributed by atoms with Crippen molar-refractivity contribution in [1.29, 1.82) is 0 Å². The number of carbonyl (C=O) groups excluding carboxylic acids is 1. The Morgan fingerprint density at radius 3 is 2.54 bits per heavy atom. The maximum absolute atomic E-state index is 12.6. The number of carbonyl (C=O) groups is 1. The minimum absolute atomic E-state index is 0.0222. The zero-order chi connectivity index (χ0) is 18.4. The van der Waals surface area contributed by atoms with Crippen molar-refractivity contribution in [3.8, 4) is 5.75 Å². The molecule has 0 bridgehead atoms. The minimum atomic E-state index is 0.0222. The molecule has 1 unspecified atom stereocenters. The van der Waals surface area contributed by atoms with Gasteiger partial charge in [0.15, 0.2) is 0 Å². The van der Waals surface area contributed by atoms with Crippen LogP contribution in [-0.4, -0.2) is 39.3 Å². The Morgan fingerprint density at radius 1 is 1.15 bits per heavy atom. The summed E-state index contributed by atoms with van der Waals surface area (Å²) in [5, 5.41) is 3.08. The number of ether oxygens (including phenoxy) is 2. The number of benzene rings is 2. The van der Waals surface area contributed by atoms with Crippen molar-refractivity contribution >= 4 is 17.3 Å². The Morgan fingerprint density at radius 2 is 1.85 bits per heavy atom. The molecule has 26 heavy (non-hydrogen) atoms. The van der Waals surface area contributed by atoms with E-state index in [9.17, 15) is 4.79 Å². The lowest BCUT2D eigenvalue weighted by Gasteiger charge is -2.30. The van der Waals surface area contributed by atoms with Gasteiger partial charge in [-0.25, -0.2) is 0 Å². The molecule has 1 heterocycles. The molecule has 0 aliphatic carbocycles. The number of amides is 1. The van der Waals surface area contributed by atoms with Crippen LogP contribution in [-0.2, 0) is 9.53 Å². The molecule has 5 nitrogen and oxygen atoms in total. The average Bonchev–Trinajstić information content (AvgIpc) is 2.69. The van der Waals surface area contributed by atoms with Crippen molar-refractivity contribution in [1.82, 2.24) is 0 Å². The van der Waals surface area contributed by atoms with E-state index in [-0.39, 0.29) is 11.8 Å². The summed E-state index contributed by atoms with van der Waals surface area (Å²) in [6, 6.07) is 15.8. The molecule has 1 atom stereocenters. The quantitative estimate of drug-likeness (QED) is 0.860. The molecule has 1 amide bonds. The highest BCUT2D eigenvalue weighted by Crippen LogP contribution is 2.28. The Hall–Kier alpha value is -2.53. The van der Waals surface area contributed by atoms with Crippen molar-refractivity contribution in [3.05, 3.63) is 54.1 Å². The SMILES string of the molecule is COc1ccc(C(C)CC(=O)Nc2ccccc2N2CCOCC2)cc1. The monoisotopic (exact) mass is 354 g/mol. The van der Waals surface area contributed by atoms with Crippen LogP contribution in [0.2, 0.25) is 0 Å². The number of hydrogen-bond acceptors (Lipinski definition) is 4. The van der Waals surface area contributed by atoms with Gasteiger partial charge < -0.3 is 19.7 Å². The molecule has 1 fully saturated rings. The van der Waals surface area contributed by atoms with Crippen LogP contribution in [0.1, 0.15) is 24.8 Å². The Balaban J connectivity index is 1.64. The molecular formula is C21H26N2O3. The van der Waals surface area contributed by atoms with E-state index in [0.717, 1.165) is 49.0 Å². The molecule has 0 saturated carbocycles. The highest BCUT2D eigenvalue weighted by atomic mass is 16.5.